The van der Waals surface area contributed by atoms with Crippen molar-refractivity contribution in [3.8, 4) is 0 Å². The van der Waals surface area contributed by atoms with Gasteiger partial charge >= 0.3 is 23.1 Å². The van der Waals surface area contributed by atoms with E-state index in [1.54, 1.807) is 4.42 Å². The van der Waals surface area contributed by atoms with Gasteiger partial charge in [-0.15, -0.1) is 0 Å². The van der Waals surface area contributed by atoms with Crippen LogP contribution in [-0.2, 0) is 0 Å². The van der Waals surface area contributed by atoms with Crippen molar-refractivity contribution in [2.75, 3.05) is 7.05 Å². The molecule has 0 fully saturated rings. The van der Waals surface area contributed by atoms with Gasteiger partial charge in [-0.25, -0.2) is 4.42 Å². The van der Waals surface area contributed by atoms with Gasteiger partial charge in [0.05, 0.1) is 0 Å². The summed E-state index contributed by atoms with van der Waals surface area (Å²) in [5.41, 5.74) is 0. The molecule has 0 rings (SSSR count). The Hall–Kier alpha value is 1.02. The van der Waals surface area contributed by atoms with Crippen molar-refractivity contribution in [1.82, 2.24) is 4.42 Å². The van der Waals surface area contributed by atoms with Crippen LogP contribution in [0.4, 0.5) is 0 Å². The maximum absolute atomic E-state index is 5.45. The molecule has 0 spiro atoms. The fourth-order valence-corrected chi connectivity index (χ4v) is 0. The maximum atomic E-state index is 5.45. The van der Waals surface area contributed by atoms with E-state index in [0.29, 0.717) is 6.04 Å². The summed E-state index contributed by atoms with van der Waals surface area (Å²) in [6, 6.07) is 0.451. The van der Waals surface area contributed by atoms with Crippen molar-refractivity contribution < 1.29 is 2.85 Å². The molecule has 7 heavy (non-hydrogen) atoms. The number of halogens is 1. The Morgan fingerprint density at radius 2 is 1.71 bits per heavy atom. The van der Waals surface area contributed by atoms with E-state index in [0.717, 1.165) is 0 Å². The van der Waals surface area contributed by atoms with Crippen LogP contribution in [0.5, 0.6) is 0 Å². The third kappa shape index (κ3) is 7.02. The Balaban J connectivity index is -0.0000000417. The van der Waals surface area contributed by atoms with Gasteiger partial charge in [0.15, 0.2) is 0 Å². The monoisotopic (exact) mass is 133 g/mol. The molecule has 0 heterocycles. The van der Waals surface area contributed by atoms with Gasteiger partial charge in [-0.3, -0.25) is 0 Å². The van der Waals surface area contributed by atoms with Crippen molar-refractivity contribution in [3.05, 3.63) is 0 Å². The topological polar surface area (TPSA) is 3.24 Å². The summed E-state index contributed by atoms with van der Waals surface area (Å²) in [6.45, 7) is 4.07. The molecule has 0 aliphatic carbocycles. The van der Waals surface area contributed by atoms with Crippen LogP contribution in [0.1, 0.15) is 16.7 Å². The summed E-state index contributed by atoms with van der Waals surface area (Å²) in [5, 5.41) is 0. The summed E-state index contributed by atoms with van der Waals surface area (Å²) >= 11 is 5.45. The molecule has 0 unspecified atom stereocenters. The minimum Gasteiger partial charge on any atom is -1.00 e. The molecular formula is C4H12ClMgN. The Morgan fingerprint density at radius 3 is 1.71 bits per heavy atom. The van der Waals surface area contributed by atoms with E-state index in [1.807, 2.05) is 20.9 Å². The van der Waals surface area contributed by atoms with Crippen molar-refractivity contribution in [3.63, 3.8) is 0 Å². The zero-order valence-corrected chi connectivity index (χ0v) is 7.28. The maximum Gasteiger partial charge on any atom is 2.00 e. The van der Waals surface area contributed by atoms with Gasteiger partial charge in [-0.1, -0.05) is 0 Å². The third-order valence-electron chi connectivity index (χ3n) is 0.712. The molecule has 0 bridgehead atoms. The second kappa shape index (κ2) is 5.16. The van der Waals surface area contributed by atoms with Gasteiger partial charge < -0.3 is 2.85 Å². The summed E-state index contributed by atoms with van der Waals surface area (Å²) in [5.74, 6) is 0. The summed E-state index contributed by atoms with van der Waals surface area (Å²) < 4.78 is 1.64. The predicted octanol–water partition coefficient (Wildman–Crippen LogP) is 1.32. The average Bonchev–Trinajstić information content (AvgIpc) is 1.36. The molecule has 0 saturated carbocycles. The zero-order valence-electron chi connectivity index (χ0n) is 7.11. The van der Waals surface area contributed by atoms with E-state index >= 15 is 0 Å². The standard InChI is InChI=1S/C4H10ClN.Mg.2H/c1-4(2)6(3)5;;;/h4H,1-3H3;;;/q;+2;2*-1. The van der Waals surface area contributed by atoms with Crippen molar-refractivity contribution in [2.45, 2.75) is 19.9 Å². The first kappa shape index (κ1) is 10.9. The van der Waals surface area contributed by atoms with Gasteiger partial charge in [-0.2, -0.15) is 0 Å². The van der Waals surface area contributed by atoms with Crippen LogP contribution in [0.3, 0.4) is 0 Å². The Morgan fingerprint density at radius 1 is 1.57 bits per heavy atom. The molecule has 1 nitrogen and oxygen atoms in total. The molecule has 0 aliphatic rings. The molecule has 0 radical (unpaired) electrons. The molecular weight excluding hydrogens is 122 g/mol. The first-order valence-corrected chi connectivity index (χ1v) is 2.37. The quantitative estimate of drug-likeness (QED) is 0.386. The molecule has 0 aromatic carbocycles. The first-order valence-electron chi connectivity index (χ1n) is 2.03. The van der Waals surface area contributed by atoms with Crippen LogP contribution in [0.2, 0.25) is 0 Å². The molecule has 0 aromatic heterocycles. The third-order valence-corrected chi connectivity index (χ3v) is 1.10. The second-order valence-corrected chi connectivity index (χ2v) is 2.15. The minimum absolute atomic E-state index is 0. The SMILES string of the molecule is CC(C)N(C)Cl.[H-].[H-].[Mg+2]. The van der Waals surface area contributed by atoms with Crippen LogP contribution in [0.15, 0.2) is 0 Å². The van der Waals surface area contributed by atoms with Crippen molar-refractivity contribution in [1.29, 1.82) is 0 Å². The van der Waals surface area contributed by atoms with Crippen LogP contribution < -0.4 is 0 Å². The van der Waals surface area contributed by atoms with E-state index in [1.165, 1.54) is 0 Å². The predicted molar refractivity (Wildman–Crippen MR) is 36.7 cm³/mol. The molecule has 0 amide bonds. The van der Waals surface area contributed by atoms with Gasteiger partial charge in [0.2, 0.25) is 0 Å². The van der Waals surface area contributed by atoms with E-state index in [2.05, 4.69) is 0 Å². The van der Waals surface area contributed by atoms with E-state index in [9.17, 15) is 0 Å². The van der Waals surface area contributed by atoms with Gasteiger partial charge in [0, 0.05) is 13.1 Å². The van der Waals surface area contributed by atoms with Crippen LogP contribution in [-0.4, -0.2) is 40.6 Å². The normalized spacial score (nSPS) is 9.43. The molecule has 0 aliphatic heterocycles. The molecule has 0 saturated heterocycles. The number of hydrogen-bond acceptors (Lipinski definition) is 1. The fraction of sp³-hybridized carbons (Fsp3) is 1.00. The number of hydrogen-bond donors (Lipinski definition) is 0. The van der Waals surface area contributed by atoms with Gasteiger partial charge in [-0.05, 0) is 25.6 Å². The fourth-order valence-electron chi connectivity index (χ4n) is 0. The average molecular weight is 134 g/mol. The molecule has 42 valence electrons. The van der Waals surface area contributed by atoms with Gasteiger partial charge in [0.25, 0.3) is 0 Å². The zero-order chi connectivity index (χ0) is 5.15. The second-order valence-electron chi connectivity index (χ2n) is 1.62. The molecule has 0 N–H and O–H groups in total. The van der Waals surface area contributed by atoms with Gasteiger partial charge in [0.1, 0.15) is 0 Å². The number of nitrogens with zero attached hydrogens (tertiary/aromatic N) is 1. The van der Waals surface area contributed by atoms with Crippen LogP contribution >= 0.6 is 11.8 Å². The number of rotatable bonds is 1. The van der Waals surface area contributed by atoms with E-state index in [-0.39, 0.29) is 25.9 Å². The van der Waals surface area contributed by atoms with E-state index < -0.39 is 0 Å². The molecule has 3 heteroatoms. The largest absolute Gasteiger partial charge is 2.00 e. The van der Waals surface area contributed by atoms with Crippen molar-refractivity contribution >= 4 is 34.8 Å². The van der Waals surface area contributed by atoms with Crippen LogP contribution in [0, 0.1) is 0 Å². The summed E-state index contributed by atoms with van der Waals surface area (Å²) in [4.78, 5) is 0. The molecule has 0 aromatic rings. The molecule has 0 atom stereocenters. The Bertz CT molecular complexity index is 39.5. The smallest absolute Gasteiger partial charge is 1.00 e. The van der Waals surface area contributed by atoms with Crippen molar-refractivity contribution in [2.24, 2.45) is 0 Å². The summed E-state index contributed by atoms with van der Waals surface area (Å²) in [7, 11) is 1.84. The van der Waals surface area contributed by atoms with Crippen LogP contribution in [0.25, 0.3) is 0 Å². The Kier molecular flexibility index (Phi) is 8.03. The Labute approximate surface area is 69.2 Å². The minimum atomic E-state index is 0. The first-order chi connectivity index (χ1) is 2.64. The van der Waals surface area contributed by atoms with E-state index in [4.69, 9.17) is 11.8 Å². The summed E-state index contributed by atoms with van der Waals surface area (Å²) in [6.07, 6.45) is 0.